The van der Waals surface area contributed by atoms with Crippen molar-refractivity contribution in [2.24, 2.45) is 5.92 Å². The third kappa shape index (κ3) is 5.78. The number of ether oxygens (including phenoxy) is 1. The Hall–Kier alpha value is -2.48. The number of hydrogen-bond donors (Lipinski definition) is 0. The van der Waals surface area contributed by atoms with Gasteiger partial charge in [-0.3, -0.25) is 14.9 Å². The molecule has 2 aliphatic rings. The molecule has 0 unspecified atom stereocenters. The van der Waals surface area contributed by atoms with Crippen LogP contribution in [0.15, 0.2) is 18.2 Å². The van der Waals surface area contributed by atoms with Gasteiger partial charge in [-0.2, -0.15) is 0 Å². The Morgan fingerprint density at radius 1 is 1.03 bits per heavy atom. The van der Waals surface area contributed by atoms with Crippen molar-refractivity contribution in [3.8, 4) is 0 Å². The van der Waals surface area contributed by atoms with Gasteiger partial charge < -0.3 is 14.5 Å². The first kappa shape index (κ1) is 22.2. The van der Waals surface area contributed by atoms with Crippen LogP contribution in [0, 0.1) is 16.0 Å². The smallest absolute Gasteiger partial charge is 0.338 e. The maximum atomic E-state index is 13.1. The van der Waals surface area contributed by atoms with Crippen molar-refractivity contribution in [2.75, 3.05) is 39.3 Å². The standard InChI is InChI=1S/C22H31N3O5/c1-2-30-22(27)19-13-18(14-20(15-19)25(28)29)21(26)24-10-6-9-23(11-12-24)16-17-7-4-3-5-8-17/h13-15,17H,2-12,16H2,1H3. The molecule has 0 atom stereocenters. The Bertz CT molecular complexity index is 776. The maximum Gasteiger partial charge on any atom is 0.338 e. The van der Waals surface area contributed by atoms with E-state index in [1.54, 1.807) is 11.8 Å². The quantitative estimate of drug-likeness (QED) is 0.400. The van der Waals surface area contributed by atoms with E-state index in [1.807, 2.05) is 0 Å². The molecule has 1 saturated carbocycles. The first-order valence-corrected chi connectivity index (χ1v) is 11.0. The number of carbonyl (C=O) groups excluding carboxylic acids is 2. The van der Waals surface area contributed by atoms with Crippen LogP contribution in [-0.2, 0) is 4.74 Å². The highest BCUT2D eigenvalue weighted by Crippen LogP contribution is 2.25. The van der Waals surface area contributed by atoms with Crippen LogP contribution in [0.2, 0.25) is 0 Å². The number of nitro benzene ring substituents is 1. The Balaban J connectivity index is 1.69. The van der Waals surface area contributed by atoms with Gasteiger partial charge in [0, 0.05) is 43.9 Å². The Morgan fingerprint density at radius 3 is 2.47 bits per heavy atom. The van der Waals surface area contributed by atoms with Gasteiger partial charge in [0.25, 0.3) is 11.6 Å². The summed E-state index contributed by atoms with van der Waals surface area (Å²) in [7, 11) is 0. The lowest BCUT2D eigenvalue weighted by Gasteiger charge is -2.28. The number of non-ortho nitro benzene ring substituents is 1. The van der Waals surface area contributed by atoms with Gasteiger partial charge in [-0.05, 0) is 44.7 Å². The summed E-state index contributed by atoms with van der Waals surface area (Å²) in [6.45, 7) is 5.88. The minimum absolute atomic E-state index is 0.0307. The van der Waals surface area contributed by atoms with Crippen LogP contribution in [-0.4, -0.2) is 65.9 Å². The van der Waals surface area contributed by atoms with E-state index in [0.717, 1.165) is 38.0 Å². The van der Waals surface area contributed by atoms with Crippen LogP contribution in [0.4, 0.5) is 5.69 Å². The molecule has 2 fully saturated rings. The van der Waals surface area contributed by atoms with Crippen LogP contribution < -0.4 is 0 Å². The Kier molecular flexibility index (Phi) is 7.79. The van der Waals surface area contributed by atoms with E-state index in [0.29, 0.717) is 13.1 Å². The topological polar surface area (TPSA) is 93.0 Å². The van der Waals surface area contributed by atoms with Crippen LogP contribution in [0.25, 0.3) is 0 Å². The molecule has 1 aliphatic heterocycles. The summed E-state index contributed by atoms with van der Waals surface area (Å²) in [5, 5.41) is 11.3. The zero-order valence-corrected chi connectivity index (χ0v) is 17.7. The molecule has 0 spiro atoms. The summed E-state index contributed by atoms with van der Waals surface area (Å²) in [5.74, 6) is -0.182. The van der Waals surface area contributed by atoms with Crippen LogP contribution in [0.3, 0.4) is 0 Å². The van der Waals surface area contributed by atoms with E-state index in [4.69, 9.17) is 4.74 Å². The molecular weight excluding hydrogens is 386 g/mol. The number of nitro groups is 1. The van der Waals surface area contributed by atoms with Gasteiger partial charge in [0.1, 0.15) is 0 Å². The van der Waals surface area contributed by atoms with E-state index < -0.39 is 10.9 Å². The summed E-state index contributed by atoms with van der Waals surface area (Å²) in [4.78, 5) is 40.1. The van der Waals surface area contributed by atoms with E-state index in [2.05, 4.69) is 4.90 Å². The molecule has 8 nitrogen and oxygen atoms in total. The SMILES string of the molecule is CCOC(=O)c1cc(C(=O)N2CCCN(CC3CCCCC3)CC2)cc([N+](=O)[O-])c1. The normalized spacial score (nSPS) is 18.6. The minimum Gasteiger partial charge on any atom is -0.462 e. The third-order valence-electron chi connectivity index (χ3n) is 6.00. The number of benzene rings is 1. The highest BCUT2D eigenvalue weighted by Gasteiger charge is 2.25. The average Bonchev–Trinajstić information content (AvgIpc) is 2.99. The van der Waals surface area contributed by atoms with Gasteiger partial charge in [-0.15, -0.1) is 0 Å². The zero-order chi connectivity index (χ0) is 21.5. The lowest BCUT2D eigenvalue weighted by Crippen LogP contribution is -2.37. The molecule has 0 N–H and O–H groups in total. The summed E-state index contributed by atoms with van der Waals surface area (Å²) in [6, 6.07) is 3.80. The minimum atomic E-state index is -0.662. The van der Waals surface area contributed by atoms with Gasteiger partial charge in [0.15, 0.2) is 0 Å². The number of hydrogen-bond acceptors (Lipinski definition) is 6. The summed E-state index contributed by atoms with van der Waals surface area (Å²) in [6.07, 6.45) is 7.44. The van der Waals surface area contributed by atoms with Crippen molar-refractivity contribution >= 4 is 17.6 Å². The summed E-state index contributed by atoms with van der Waals surface area (Å²) in [5.41, 5.74) is -0.0891. The third-order valence-corrected chi connectivity index (χ3v) is 6.00. The van der Waals surface area contributed by atoms with E-state index in [-0.39, 0.29) is 29.3 Å². The van der Waals surface area contributed by atoms with Gasteiger partial charge in [-0.1, -0.05) is 19.3 Å². The Labute approximate surface area is 177 Å². The van der Waals surface area contributed by atoms with Crippen molar-refractivity contribution < 1.29 is 19.2 Å². The summed E-state index contributed by atoms with van der Waals surface area (Å²) >= 11 is 0. The number of esters is 1. The molecule has 0 radical (unpaired) electrons. The second kappa shape index (κ2) is 10.5. The Morgan fingerprint density at radius 2 is 1.77 bits per heavy atom. The van der Waals surface area contributed by atoms with Gasteiger partial charge in [0.2, 0.25) is 0 Å². The fourth-order valence-electron chi connectivity index (χ4n) is 4.45. The van der Waals surface area contributed by atoms with Crippen LogP contribution >= 0.6 is 0 Å². The number of amides is 1. The van der Waals surface area contributed by atoms with Crippen molar-refractivity contribution in [3.63, 3.8) is 0 Å². The fraction of sp³-hybridized carbons (Fsp3) is 0.636. The molecule has 3 rings (SSSR count). The molecule has 1 saturated heterocycles. The maximum absolute atomic E-state index is 13.1. The second-order valence-corrected chi connectivity index (χ2v) is 8.20. The van der Waals surface area contributed by atoms with Crippen molar-refractivity contribution in [2.45, 2.75) is 45.4 Å². The summed E-state index contributed by atoms with van der Waals surface area (Å²) < 4.78 is 4.96. The van der Waals surface area contributed by atoms with Gasteiger partial charge in [-0.25, -0.2) is 4.79 Å². The second-order valence-electron chi connectivity index (χ2n) is 8.20. The van der Waals surface area contributed by atoms with Gasteiger partial charge in [0.05, 0.1) is 17.1 Å². The first-order valence-electron chi connectivity index (χ1n) is 11.0. The first-order chi connectivity index (χ1) is 14.5. The average molecular weight is 418 g/mol. The van der Waals surface area contributed by atoms with E-state index in [1.165, 1.54) is 44.2 Å². The van der Waals surface area contributed by atoms with E-state index >= 15 is 0 Å². The van der Waals surface area contributed by atoms with Crippen molar-refractivity contribution in [1.82, 2.24) is 9.80 Å². The molecule has 8 heteroatoms. The highest BCUT2D eigenvalue weighted by atomic mass is 16.6. The number of carbonyl (C=O) groups is 2. The molecule has 30 heavy (non-hydrogen) atoms. The zero-order valence-electron chi connectivity index (χ0n) is 17.7. The molecule has 0 aromatic heterocycles. The number of nitrogens with zero attached hydrogens (tertiary/aromatic N) is 3. The highest BCUT2D eigenvalue weighted by molar-refractivity contribution is 5.99. The lowest BCUT2D eigenvalue weighted by atomic mass is 9.89. The molecule has 164 valence electrons. The largest absolute Gasteiger partial charge is 0.462 e. The molecule has 1 heterocycles. The van der Waals surface area contributed by atoms with Crippen LogP contribution in [0.5, 0.6) is 0 Å². The molecule has 1 amide bonds. The monoisotopic (exact) mass is 417 g/mol. The number of rotatable bonds is 6. The molecule has 0 bridgehead atoms. The van der Waals surface area contributed by atoms with Crippen molar-refractivity contribution in [1.29, 1.82) is 0 Å². The van der Waals surface area contributed by atoms with Gasteiger partial charge >= 0.3 is 5.97 Å². The van der Waals surface area contributed by atoms with E-state index in [9.17, 15) is 19.7 Å². The molecular formula is C22H31N3O5. The van der Waals surface area contributed by atoms with Crippen LogP contribution in [0.1, 0.15) is 66.2 Å². The lowest BCUT2D eigenvalue weighted by molar-refractivity contribution is -0.384. The predicted octanol–water partition coefficient (Wildman–Crippen LogP) is 3.50. The van der Waals surface area contributed by atoms with Crippen molar-refractivity contribution in [3.05, 3.63) is 39.4 Å². The molecule has 1 aromatic rings. The molecule has 1 aliphatic carbocycles. The fourth-order valence-corrected chi connectivity index (χ4v) is 4.45. The predicted molar refractivity (Wildman–Crippen MR) is 113 cm³/mol. The molecule has 1 aromatic carbocycles.